The Balaban J connectivity index is 2.47. The van der Waals surface area contributed by atoms with Crippen molar-refractivity contribution in [2.24, 2.45) is 0 Å². The number of rotatable bonds is 4. The van der Waals surface area contributed by atoms with Gasteiger partial charge in [-0.15, -0.1) is 0 Å². The fraction of sp³-hybridized carbons (Fsp3) is 1.00. The average Bonchev–Trinajstić information content (AvgIpc) is 2.22. The molecule has 90 valence electrons. The zero-order chi connectivity index (χ0) is 11.4. The number of hydrogen-bond acceptors (Lipinski definition) is 5. The van der Waals surface area contributed by atoms with Crippen LogP contribution in [0.2, 0.25) is 0 Å². The molecular formula is C10H20O5. The molecule has 1 fully saturated rings. The Hall–Kier alpha value is -0.200. The van der Waals surface area contributed by atoms with Gasteiger partial charge < -0.3 is 24.8 Å². The summed E-state index contributed by atoms with van der Waals surface area (Å²) >= 11 is 0. The summed E-state index contributed by atoms with van der Waals surface area (Å²) in [7, 11) is 0. The van der Waals surface area contributed by atoms with E-state index < -0.39 is 24.6 Å². The van der Waals surface area contributed by atoms with E-state index in [4.69, 9.17) is 14.6 Å². The van der Waals surface area contributed by atoms with E-state index in [-0.39, 0.29) is 19.1 Å². The Bertz CT molecular complexity index is 185. The van der Waals surface area contributed by atoms with Crippen LogP contribution in [0, 0.1) is 0 Å². The van der Waals surface area contributed by atoms with Gasteiger partial charge in [-0.25, -0.2) is 0 Å². The molecule has 1 unspecified atom stereocenters. The van der Waals surface area contributed by atoms with Crippen LogP contribution >= 0.6 is 0 Å². The van der Waals surface area contributed by atoms with Crippen LogP contribution in [-0.2, 0) is 9.47 Å². The van der Waals surface area contributed by atoms with E-state index >= 15 is 0 Å². The predicted molar refractivity (Wildman–Crippen MR) is 53.2 cm³/mol. The summed E-state index contributed by atoms with van der Waals surface area (Å²) in [5, 5.41) is 27.9. The summed E-state index contributed by atoms with van der Waals surface area (Å²) in [5.74, 6) is 0. The molecule has 0 aromatic heterocycles. The van der Waals surface area contributed by atoms with Crippen molar-refractivity contribution in [1.82, 2.24) is 0 Å². The van der Waals surface area contributed by atoms with Crippen LogP contribution in [0.5, 0.6) is 0 Å². The highest BCUT2D eigenvalue weighted by atomic mass is 16.7. The normalized spacial score (nSPS) is 39.0. The van der Waals surface area contributed by atoms with Gasteiger partial charge in [0.25, 0.3) is 0 Å². The first kappa shape index (κ1) is 12.9. The van der Waals surface area contributed by atoms with Gasteiger partial charge in [0.2, 0.25) is 0 Å². The van der Waals surface area contributed by atoms with Gasteiger partial charge in [0, 0.05) is 6.42 Å². The van der Waals surface area contributed by atoms with E-state index in [1.54, 1.807) is 0 Å². The minimum atomic E-state index is -1.04. The maximum absolute atomic E-state index is 9.51. The number of hydrogen-bond donors (Lipinski definition) is 3. The van der Waals surface area contributed by atoms with Gasteiger partial charge in [-0.1, -0.05) is 6.92 Å². The maximum Gasteiger partial charge on any atom is 0.161 e. The van der Waals surface area contributed by atoms with Crippen LogP contribution in [-0.4, -0.2) is 52.6 Å². The van der Waals surface area contributed by atoms with Crippen molar-refractivity contribution in [3.63, 3.8) is 0 Å². The molecule has 5 atom stereocenters. The summed E-state index contributed by atoms with van der Waals surface area (Å²) in [4.78, 5) is 0. The lowest BCUT2D eigenvalue weighted by Crippen LogP contribution is -2.51. The summed E-state index contributed by atoms with van der Waals surface area (Å²) < 4.78 is 10.8. The smallest absolute Gasteiger partial charge is 0.161 e. The Morgan fingerprint density at radius 1 is 1.47 bits per heavy atom. The van der Waals surface area contributed by atoms with Gasteiger partial charge >= 0.3 is 0 Å². The SMILES string of the molecule is CCC(C)O[C@H]1C[C@@H](O)[C@H](O)[C@@H](CO)O1. The molecule has 0 saturated carbocycles. The van der Waals surface area contributed by atoms with Crippen LogP contribution in [0.25, 0.3) is 0 Å². The molecular weight excluding hydrogens is 200 g/mol. The van der Waals surface area contributed by atoms with Crippen molar-refractivity contribution < 1.29 is 24.8 Å². The zero-order valence-corrected chi connectivity index (χ0v) is 9.17. The average molecular weight is 220 g/mol. The number of ether oxygens (including phenoxy) is 2. The van der Waals surface area contributed by atoms with E-state index in [0.29, 0.717) is 0 Å². The van der Waals surface area contributed by atoms with Crippen LogP contribution in [0.3, 0.4) is 0 Å². The lowest BCUT2D eigenvalue weighted by molar-refractivity contribution is -0.267. The molecule has 15 heavy (non-hydrogen) atoms. The fourth-order valence-electron chi connectivity index (χ4n) is 1.51. The highest BCUT2D eigenvalue weighted by molar-refractivity contribution is 4.82. The van der Waals surface area contributed by atoms with Crippen molar-refractivity contribution in [3.05, 3.63) is 0 Å². The van der Waals surface area contributed by atoms with E-state index in [0.717, 1.165) is 6.42 Å². The summed E-state index contributed by atoms with van der Waals surface area (Å²) in [5.41, 5.74) is 0. The third kappa shape index (κ3) is 3.39. The molecule has 0 radical (unpaired) electrons. The highest BCUT2D eigenvalue weighted by Gasteiger charge is 2.37. The van der Waals surface area contributed by atoms with E-state index in [9.17, 15) is 10.2 Å². The molecule has 3 N–H and O–H groups in total. The van der Waals surface area contributed by atoms with Crippen LogP contribution in [0.1, 0.15) is 26.7 Å². The Kier molecular flexibility index (Phi) is 4.95. The van der Waals surface area contributed by atoms with Crippen molar-refractivity contribution in [3.8, 4) is 0 Å². The van der Waals surface area contributed by atoms with Crippen LogP contribution in [0.4, 0.5) is 0 Å². The molecule has 0 aromatic rings. The molecule has 0 amide bonds. The molecule has 5 heteroatoms. The van der Waals surface area contributed by atoms with Gasteiger partial charge in [0.15, 0.2) is 6.29 Å². The minimum absolute atomic E-state index is 0.0387. The Labute approximate surface area is 89.6 Å². The lowest BCUT2D eigenvalue weighted by Gasteiger charge is -2.37. The van der Waals surface area contributed by atoms with Gasteiger partial charge in [-0.05, 0) is 13.3 Å². The first-order valence-corrected chi connectivity index (χ1v) is 5.36. The topological polar surface area (TPSA) is 79.2 Å². The molecule has 1 aliphatic heterocycles. The molecule has 1 heterocycles. The number of aliphatic hydroxyl groups is 3. The van der Waals surface area contributed by atoms with E-state index in [1.165, 1.54) is 0 Å². The molecule has 0 aromatic carbocycles. The Morgan fingerprint density at radius 3 is 2.67 bits per heavy atom. The standard InChI is InChI=1S/C10H20O5/c1-3-6(2)14-9-4-7(12)10(13)8(5-11)15-9/h6-13H,3-5H2,1-2H3/t6?,7-,8-,9-,10+/m1/s1. The van der Waals surface area contributed by atoms with E-state index in [1.807, 2.05) is 13.8 Å². The second kappa shape index (κ2) is 5.77. The predicted octanol–water partition coefficient (Wildman–Crippen LogP) is -0.369. The van der Waals surface area contributed by atoms with Crippen LogP contribution in [0.15, 0.2) is 0 Å². The first-order valence-electron chi connectivity index (χ1n) is 5.36. The Morgan fingerprint density at radius 2 is 2.13 bits per heavy atom. The molecule has 0 bridgehead atoms. The maximum atomic E-state index is 9.51. The quantitative estimate of drug-likeness (QED) is 0.602. The molecule has 0 spiro atoms. The fourth-order valence-corrected chi connectivity index (χ4v) is 1.51. The van der Waals surface area contributed by atoms with Crippen molar-refractivity contribution in [2.45, 2.75) is 57.4 Å². The lowest BCUT2D eigenvalue weighted by atomic mass is 10.0. The monoisotopic (exact) mass is 220 g/mol. The molecule has 5 nitrogen and oxygen atoms in total. The minimum Gasteiger partial charge on any atom is -0.394 e. The number of aliphatic hydroxyl groups excluding tert-OH is 3. The third-order valence-corrected chi connectivity index (χ3v) is 2.67. The van der Waals surface area contributed by atoms with Crippen molar-refractivity contribution in [2.75, 3.05) is 6.61 Å². The highest BCUT2D eigenvalue weighted by Crippen LogP contribution is 2.22. The van der Waals surface area contributed by atoms with Gasteiger partial charge in [0.05, 0.1) is 18.8 Å². The first-order chi connectivity index (χ1) is 7.08. The third-order valence-electron chi connectivity index (χ3n) is 2.67. The summed E-state index contributed by atoms with van der Waals surface area (Å²) in [6, 6.07) is 0. The summed E-state index contributed by atoms with van der Waals surface area (Å²) in [6.45, 7) is 3.58. The molecule has 0 aliphatic carbocycles. The molecule has 1 aliphatic rings. The second-order valence-electron chi connectivity index (χ2n) is 3.94. The van der Waals surface area contributed by atoms with Gasteiger partial charge in [-0.3, -0.25) is 0 Å². The second-order valence-corrected chi connectivity index (χ2v) is 3.94. The van der Waals surface area contributed by atoms with Gasteiger partial charge in [0.1, 0.15) is 12.2 Å². The largest absolute Gasteiger partial charge is 0.394 e. The zero-order valence-electron chi connectivity index (χ0n) is 9.17. The van der Waals surface area contributed by atoms with Crippen molar-refractivity contribution >= 4 is 0 Å². The van der Waals surface area contributed by atoms with Crippen molar-refractivity contribution in [1.29, 1.82) is 0 Å². The van der Waals surface area contributed by atoms with E-state index in [2.05, 4.69) is 0 Å². The van der Waals surface area contributed by atoms with Gasteiger partial charge in [-0.2, -0.15) is 0 Å². The van der Waals surface area contributed by atoms with Crippen LogP contribution < -0.4 is 0 Å². The summed E-state index contributed by atoms with van der Waals surface area (Å²) in [6.07, 6.45) is -2.11. The molecule has 1 rings (SSSR count). The molecule has 1 saturated heterocycles.